The van der Waals surface area contributed by atoms with Crippen molar-refractivity contribution in [3.63, 3.8) is 0 Å². The maximum absolute atomic E-state index is 9.84. The van der Waals surface area contributed by atoms with Crippen molar-refractivity contribution in [2.24, 2.45) is 0 Å². The van der Waals surface area contributed by atoms with E-state index in [1.807, 2.05) is 0 Å². The Morgan fingerprint density at radius 3 is 2.33 bits per heavy atom. The van der Waals surface area contributed by atoms with E-state index in [4.69, 9.17) is 1.37 Å². The van der Waals surface area contributed by atoms with Crippen molar-refractivity contribution in [3.05, 3.63) is 0 Å². The van der Waals surface area contributed by atoms with E-state index in [-0.39, 0.29) is 0 Å². The summed E-state index contributed by atoms with van der Waals surface area (Å²) in [5.41, 5.74) is 0. The molecule has 0 unspecified atom stereocenters. The third-order valence-corrected chi connectivity index (χ3v) is 0.430. The van der Waals surface area contributed by atoms with Crippen LogP contribution in [0.5, 0.6) is 0 Å². The van der Waals surface area contributed by atoms with Gasteiger partial charge in [0.05, 0.1) is 0 Å². The summed E-state index contributed by atoms with van der Waals surface area (Å²) in [7, 11) is 0. The largest absolute Gasteiger partial charge is 0.290 e. The molecule has 0 bridgehead atoms. The Morgan fingerprint density at radius 2 is 2.33 bits per heavy atom. The molecule has 2 nitrogen and oxygen atoms in total. The average molecular weight is 109 g/mol. The van der Waals surface area contributed by atoms with Gasteiger partial charge in [-0.3, -0.25) is 9.59 Å². The molecular formula is C3H3ClO2. The van der Waals surface area contributed by atoms with E-state index < -0.39 is 17.9 Å². The third-order valence-electron chi connectivity index (χ3n) is 0.219. The van der Waals surface area contributed by atoms with Gasteiger partial charge in [-0.2, -0.15) is 0 Å². The maximum atomic E-state index is 9.84. The van der Waals surface area contributed by atoms with Crippen molar-refractivity contribution in [3.8, 4) is 0 Å². The Bertz CT molecular complexity index is 101. The fourth-order valence-electron chi connectivity index (χ4n) is 0. The van der Waals surface area contributed by atoms with Crippen LogP contribution in [0.3, 0.4) is 0 Å². The molecule has 0 atom stereocenters. The van der Waals surface area contributed by atoms with Crippen LogP contribution in [0.15, 0.2) is 0 Å². The van der Waals surface area contributed by atoms with Crippen LogP contribution >= 0.6 is 11.6 Å². The maximum Gasteiger partial charge on any atom is 0.287 e. The lowest BCUT2D eigenvalue weighted by Crippen LogP contribution is -1.98. The molecule has 0 saturated heterocycles. The highest BCUT2D eigenvalue weighted by Gasteiger charge is 1.98. The topological polar surface area (TPSA) is 34.1 Å². The highest BCUT2D eigenvalue weighted by Crippen LogP contribution is 1.77. The molecule has 0 fully saturated rings. The van der Waals surface area contributed by atoms with E-state index in [9.17, 15) is 9.59 Å². The molecule has 34 valence electrons. The number of rotatable bonds is 1. The predicted octanol–water partition coefficient (Wildman–Crippen LogP) is 0.341. The Morgan fingerprint density at radius 1 is 1.83 bits per heavy atom. The average Bonchev–Trinajstić information content (AvgIpc) is 1.65. The molecule has 0 aliphatic rings. The molecule has 0 rings (SSSR count). The number of halogens is 1. The van der Waals surface area contributed by atoms with E-state index in [1.54, 1.807) is 0 Å². The quantitative estimate of drug-likeness (QED) is 0.359. The van der Waals surface area contributed by atoms with Crippen LogP contribution in [0.4, 0.5) is 0 Å². The summed E-state index contributed by atoms with van der Waals surface area (Å²) in [6.45, 7) is -0.553. The molecule has 0 aromatic carbocycles. The first-order valence-corrected chi connectivity index (χ1v) is 1.58. The summed E-state index contributed by atoms with van der Waals surface area (Å²) in [6.07, 6.45) is 0. The first kappa shape index (κ1) is 3.81. The molecule has 0 saturated carbocycles. The van der Waals surface area contributed by atoms with Crippen molar-refractivity contribution >= 4 is 22.6 Å². The van der Waals surface area contributed by atoms with Crippen LogP contribution in [0, 0.1) is 0 Å². The summed E-state index contributed by atoms with van der Waals surface area (Å²) in [5.74, 6) is -0.860. The van der Waals surface area contributed by atoms with Crippen molar-refractivity contribution in [1.82, 2.24) is 0 Å². The second-order valence-electron chi connectivity index (χ2n) is 0.697. The smallest absolute Gasteiger partial charge is 0.287 e. The zero-order chi connectivity index (χ0) is 5.86. The zero-order valence-corrected chi connectivity index (χ0v) is 3.66. The standard InChI is InChI=1S/C3H3ClO2/c1-2(5)3(4)6/h1H3/i1T. The van der Waals surface area contributed by atoms with Gasteiger partial charge in [-0.15, -0.1) is 0 Å². The van der Waals surface area contributed by atoms with E-state index in [1.165, 1.54) is 0 Å². The van der Waals surface area contributed by atoms with Crippen molar-refractivity contribution in [2.75, 3.05) is 0 Å². The molecule has 6 heavy (non-hydrogen) atoms. The fourth-order valence-corrected chi connectivity index (χ4v) is 0. The Labute approximate surface area is 41.5 Å². The van der Waals surface area contributed by atoms with Gasteiger partial charge in [-0.25, -0.2) is 0 Å². The molecule has 0 spiro atoms. The van der Waals surface area contributed by atoms with Gasteiger partial charge in [0.15, 0.2) is 0 Å². The molecular weight excluding hydrogens is 103 g/mol. The predicted molar refractivity (Wildman–Crippen MR) is 21.5 cm³/mol. The lowest BCUT2D eigenvalue weighted by atomic mass is 10.5. The van der Waals surface area contributed by atoms with Crippen LogP contribution in [0.25, 0.3) is 0 Å². The first-order valence-electron chi connectivity index (χ1n) is 1.91. The van der Waals surface area contributed by atoms with Gasteiger partial charge in [0, 0.05) is 8.27 Å². The van der Waals surface area contributed by atoms with Crippen LogP contribution in [0.2, 0.25) is 0 Å². The number of hydrogen-bond acceptors (Lipinski definition) is 2. The number of ketones is 1. The van der Waals surface area contributed by atoms with Gasteiger partial charge in [0.1, 0.15) is 0 Å². The third kappa shape index (κ3) is 1.91. The van der Waals surface area contributed by atoms with Gasteiger partial charge in [-0.1, -0.05) is 0 Å². The summed E-state index contributed by atoms with van der Waals surface area (Å²) in [6, 6.07) is 0. The van der Waals surface area contributed by atoms with E-state index in [0.29, 0.717) is 0 Å². The second kappa shape index (κ2) is 1.92. The lowest BCUT2D eigenvalue weighted by Gasteiger charge is -1.70. The molecule has 0 aromatic rings. The normalized spacial score (nSPS) is 9.83. The Balaban J connectivity index is 3.58. The van der Waals surface area contributed by atoms with E-state index in [0.717, 1.165) is 0 Å². The SMILES string of the molecule is [3H]CC(=O)C(=O)Cl. The molecule has 0 heterocycles. The summed E-state index contributed by atoms with van der Waals surface area (Å²) in [4.78, 5) is 19.5. The van der Waals surface area contributed by atoms with Crippen molar-refractivity contribution < 1.29 is 11.0 Å². The van der Waals surface area contributed by atoms with E-state index in [2.05, 4.69) is 11.6 Å². The first-order chi connectivity index (χ1) is 3.18. The van der Waals surface area contributed by atoms with Crippen LogP contribution in [-0.4, -0.2) is 11.0 Å². The molecule has 3 heteroatoms. The molecule has 0 amide bonds. The van der Waals surface area contributed by atoms with Crippen LogP contribution in [0.1, 0.15) is 8.27 Å². The fraction of sp³-hybridized carbons (Fsp3) is 0.333. The highest BCUT2D eigenvalue weighted by molar-refractivity contribution is 6.80. The lowest BCUT2D eigenvalue weighted by molar-refractivity contribution is -0.130. The Hall–Kier alpha value is -0.370. The molecule has 0 aromatic heterocycles. The van der Waals surface area contributed by atoms with Crippen molar-refractivity contribution in [1.29, 1.82) is 0 Å². The highest BCUT2D eigenvalue weighted by atomic mass is 35.5. The summed E-state index contributed by atoms with van der Waals surface area (Å²) >= 11 is 4.62. The minimum absolute atomic E-state index is 0.553. The van der Waals surface area contributed by atoms with Gasteiger partial charge in [0.2, 0.25) is 5.78 Å². The van der Waals surface area contributed by atoms with Gasteiger partial charge in [0.25, 0.3) is 5.24 Å². The van der Waals surface area contributed by atoms with Gasteiger partial charge < -0.3 is 0 Å². The van der Waals surface area contributed by atoms with Gasteiger partial charge in [-0.05, 0) is 11.6 Å². The minimum atomic E-state index is -1.06. The van der Waals surface area contributed by atoms with Crippen LogP contribution in [-0.2, 0) is 9.59 Å². The number of Topliss-reactive ketones (excluding diaryl/α,β-unsaturated/α-hetero) is 1. The monoisotopic (exact) mass is 108 g/mol. The van der Waals surface area contributed by atoms with Crippen molar-refractivity contribution in [2.45, 2.75) is 6.90 Å². The number of hydrogen-bond donors (Lipinski definition) is 0. The summed E-state index contributed by atoms with van der Waals surface area (Å²) in [5, 5.41) is -1.06. The minimum Gasteiger partial charge on any atom is -0.290 e. The van der Waals surface area contributed by atoms with E-state index >= 15 is 0 Å². The molecule has 0 radical (unpaired) electrons. The summed E-state index contributed by atoms with van der Waals surface area (Å²) < 4.78 is 6.28. The zero-order valence-electron chi connectivity index (χ0n) is 3.90. The Kier molecular flexibility index (Phi) is 1.22. The number of carbonyl (C=O) groups excluding carboxylic acids is 2. The molecule has 0 aliphatic carbocycles. The van der Waals surface area contributed by atoms with Crippen LogP contribution < -0.4 is 0 Å². The number of carbonyl (C=O) groups is 2. The van der Waals surface area contributed by atoms with Gasteiger partial charge >= 0.3 is 0 Å². The second-order valence-corrected chi connectivity index (χ2v) is 1.04. The molecule has 0 aliphatic heterocycles. The molecule has 0 N–H and O–H groups in total.